The number of hydrogen-bond donors (Lipinski definition) is 2. The molecule has 1 fully saturated rings. The van der Waals surface area contributed by atoms with E-state index in [2.05, 4.69) is 43.7 Å². The first kappa shape index (κ1) is 22.0. The van der Waals surface area contributed by atoms with Crippen molar-refractivity contribution in [2.75, 3.05) is 10.6 Å². The number of aromatic nitrogens is 1. The minimum absolute atomic E-state index is 0.0607. The highest BCUT2D eigenvalue weighted by Crippen LogP contribution is 2.33. The summed E-state index contributed by atoms with van der Waals surface area (Å²) in [7, 11) is 0. The molecule has 0 unspecified atom stereocenters. The van der Waals surface area contributed by atoms with E-state index in [1.54, 1.807) is 23.9 Å². The number of thioether (sulfide) groups is 1. The molecule has 8 heteroatoms. The van der Waals surface area contributed by atoms with Crippen LogP contribution in [0.25, 0.3) is 0 Å². The Morgan fingerprint density at radius 3 is 2.52 bits per heavy atom. The van der Waals surface area contributed by atoms with Gasteiger partial charge in [-0.15, -0.1) is 11.8 Å². The second kappa shape index (κ2) is 10.4. The number of carbonyl (C=O) groups excluding carboxylic acids is 2. The van der Waals surface area contributed by atoms with Gasteiger partial charge in [0.15, 0.2) is 10.9 Å². The molecule has 1 heterocycles. The molecule has 1 aliphatic rings. The SMILES string of the molecule is O=C(Nc1nc(CSc2ccccc2)c(Br)s1)Nc1ccccc1C(=O)C1CCCC1. The normalized spacial score (nSPS) is 13.8. The summed E-state index contributed by atoms with van der Waals surface area (Å²) in [6, 6.07) is 16.9. The Bertz CT molecular complexity index is 1070. The van der Waals surface area contributed by atoms with Gasteiger partial charge < -0.3 is 5.32 Å². The summed E-state index contributed by atoms with van der Waals surface area (Å²) < 4.78 is 0.892. The van der Waals surface area contributed by atoms with Crippen molar-refractivity contribution >= 4 is 61.7 Å². The van der Waals surface area contributed by atoms with Gasteiger partial charge in [-0.05, 0) is 53.0 Å². The molecule has 1 aromatic heterocycles. The van der Waals surface area contributed by atoms with Gasteiger partial charge in [0, 0.05) is 22.1 Å². The second-order valence-corrected chi connectivity index (χ2v) is 10.7. The fourth-order valence-corrected chi connectivity index (χ4v) is 6.14. The lowest BCUT2D eigenvalue weighted by atomic mass is 9.95. The molecule has 5 nitrogen and oxygen atoms in total. The quantitative estimate of drug-likeness (QED) is 0.257. The average molecular weight is 516 g/mol. The Morgan fingerprint density at radius 1 is 1.03 bits per heavy atom. The lowest BCUT2D eigenvalue weighted by molar-refractivity contribution is 0.0924. The number of hydrogen-bond acceptors (Lipinski definition) is 5. The summed E-state index contributed by atoms with van der Waals surface area (Å²) in [4.78, 5) is 31.1. The van der Waals surface area contributed by atoms with Gasteiger partial charge in [-0.3, -0.25) is 10.1 Å². The Hall–Kier alpha value is -2.16. The Kier molecular flexibility index (Phi) is 7.42. The number of ketones is 1. The van der Waals surface area contributed by atoms with E-state index >= 15 is 0 Å². The Morgan fingerprint density at radius 2 is 1.74 bits per heavy atom. The van der Waals surface area contributed by atoms with Gasteiger partial charge in [-0.1, -0.05) is 54.5 Å². The average Bonchev–Trinajstić information content (AvgIpc) is 3.43. The van der Waals surface area contributed by atoms with E-state index in [1.165, 1.54) is 11.3 Å². The van der Waals surface area contributed by atoms with Crippen molar-refractivity contribution in [3.63, 3.8) is 0 Å². The fourth-order valence-electron chi connectivity index (χ4n) is 3.61. The highest BCUT2D eigenvalue weighted by molar-refractivity contribution is 9.11. The Labute approximate surface area is 198 Å². The molecule has 0 saturated heterocycles. The third-order valence-corrected chi connectivity index (χ3v) is 7.92. The molecule has 2 N–H and O–H groups in total. The number of urea groups is 1. The van der Waals surface area contributed by atoms with Gasteiger partial charge >= 0.3 is 6.03 Å². The number of benzene rings is 2. The molecule has 1 saturated carbocycles. The summed E-state index contributed by atoms with van der Waals surface area (Å²) in [5.74, 6) is 0.875. The maximum absolute atomic E-state index is 12.9. The Balaban J connectivity index is 1.39. The molecular formula is C23H22BrN3O2S2. The molecule has 160 valence electrons. The van der Waals surface area contributed by atoms with Gasteiger partial charge in [0.2, 0.25) is 0 Å². The first-order valence-electron chi connectivity index (χ1n) is 10.1. The number of carbonyl (C=O) groups is 2. The van der Waals surface area contributed by atoms with Crippen LogP contribution in [0.3, 0.4) is 0 Å². The number of amides is 2. The van der Waals surface area contributed by atoms with E-state index in [1.807, 2.05) is 30.3 Å². The van der Waals surface area contributed by atoms with Crippen molar-refractivity contribution in [3.8, 4) is 0 Å². The van der Waals surface area contributed by atoms with E-state index in [0.29, 0.717) is 22.1 Å². The monoisotopic (exact) mass is 515 g/mol. The second-order valence-electron chi connectivity index (χ2n) is 7.31. The van der Waals surface area contributed by atoms with Crippen LogP contribution in [0.2, 0.25) is 0 Å². The van der Waals surface area contributed by atoms with Crippen molar-refractivity contribution in [1.82, 2.24) is 4.98 Å². The molecule has 2 aromatic carbocycles. The van der Waals surface area contributed by atoms with E-state index in [9.17, 15) is 9.59 Å². The highest BCUT2D eigenvalue weighted by atomic mass is 79.9. The zero-order chi connectivity index (χ0) is 21.6. The minimum Gasteiger partial charge on any atom is -0.307 e. The zero-order valence-electron chi connectivity index (χ0n) is 16.8. The minimum atomic E-state index is -0.407. The maximum atomic E-state index is 12.9. The lowest BCUT2D eigenvalue weighted by Gasteiger charge is -2.13. The smallest absolute Gasteiger partial charge is 0.307 e. The van der Waals surface area contributed by atoms with Crippen molar-refractivity contribution in [3.05, 3.63) is 69.6 Å². The van der Waals surface area contributed by atoms with Gasteiger partial charge in [0.1, 0.15) is 0 Å². The molecule has 0 aliphatic heterocycles. The summed E-state index contributed by atoms with van der Waals surface area (Å²) >= 11 is 6.60. The van der Waals surface area contributed by atoms with Crippen LogP contribution in [0, 0.1) is 5.92 Å². The van der Waals surface area contributed by atoms with Crippen LogP contribution in [0.4, 0.5) is 15.6 Å². The topological polar surface area (TPSA) is 71.1 Å². The van der Waals surface area contributed by atoms with Crippen LogP contribution in [0.15, 0.2) is 63.3 Å². The van der Waals surface area contributed by atoms with Crippen LogP contribution >= 0.6 is 39.0 Å². The standard InChI is InChI=1S/C23H22BrN3O2S2/c24-21-19(14-30-16-10-2-1-3-11-16)26-23(31-21)27-22(29)25-18-13-7-6-12-17(18)20(28)15-8-4-5-9-15/h1-3,6-7,10-13,15H,4-5,8-9,14H2,(H2,25,26,27,29). The summed E-state index contributed by atoms with van der Waals surface area (Å²) in [5, 5.41) is 6.12. The van der Waals surface area contributed by atoms with E-state index in [-0.39, 0.29) is 11.7 Å². The summed E-state index contributed by atoms with van der Waals surface area (Å²) in [6.07, 6.45) is 4.04. The molecule has 0 atom stereocenters. The van der Waals surface area contributed by atoms with Crippen LogP contribution in [-0.2, 0) is 5.75 Å². The molecule has 0 bridgehead atoms. The first-order chi connectivity index (χ1) is 15.1. The van der Waals surface area contributed by atoms with Gasteiger partial charge in [-0.2, -0.15) is 0 Å². The number of halogens is 1. The molecule has 0 radical (unpaired) electrons. The van der Waals surface area contributed by atoms with E-state index in [4.69, 9.17) is 0 Å². The molecule has 4 rings (SSSR count). The number of rotatable bonds is 7. The van der Waals surface area contributed by atoms with Crippen molar-refractivity contribution in [2.24, 2.45) is 5.92 Å². The van der Waals surface area contributed by atoms with Crippen molar-refractivity contribution in [1.29, 1.82) is 0 Å². The van der Waals surface area contributed by atoms with Crippen LogP contribution in [0.1, 0.15) is 41.7 Å². The zero-order valence-corrected chi connectivity index (χ0v) is 20.0. The summed E-state index contributed by atoms with van der Waals surface area (Å²) in [5.41, 5.74) is 1.99. The fraction of sp³-hybridized carbons (Fsp3) is 0.261. The van der Waals surface area contributed by atoms with E-state index < -0.39 is 6.03 Å². The predicted octanol–water partition coefficient (Wildman–Crippen LogP) is 7.21. The summed E-state index contributed by atoms with van der Waals surface area (Å²) in [6.45, 7) is 0. The third kappa shape index (κ3) is 5.75. The highest BCUT2D eigenvalue weighted by Gasteiger charge is 2.26. The number of para-hydroxylation sites is 1. The van der Waals surface area contributed by atoms with Gasteiger partial charge in [0.05, 0.1) is 15.2 Å². The van der Waals surface area contributed by atoms with Gasteiger partial charge in [-0.25, -0.2) is 9.78 Å². The van der Waals surface area contributed by atoms with E-state index in [0.717, 1.165) is 40.1 Å². The molecule has 0 spiro atoms. The largest absolute Gasteiger partial charge is 0.325 e. The van der Waals surface area contributed by atoms with Crippen LogP contribution < -0.4 is 10.6 Å². The molecule has 31 heavy (non-hydrogen) atoms. The maximum Gasteiger partial charge on any atom is 0.325 e. The van der Waals surface area contributed by atoms with Gasteiger partial charge in [0.25, 0.3) is 0 Å². The first-order valence-corrected chi connectivity index (χ1v) is 12.7. The molecule has 1 aliphatic carbocycles. The van der Waals surface area contributed by atoms with Crippen LogP contribution in [0.5, 0.6) is 0 Å². The number of nitrogens with one attached hydrogen (secondary N) is 2. The van der Waals surface area contributed by atoms with Crippen LogP contribution in [-0.4, -0.2) is 16.8 Å². The number of Topliss-reactive ketones (excluding diaryl/α,β-unsaturated/α-hetero) is 1. The predicted molar refractivity (Wildman–Crippen MR) is 131 cm³/mol. The molecule has 3 aromatic rings. The van der Waals surface area contributed by atoms with Crippen molar-refractivity contribution in [2.45, 2.75) is 36.3 Å². The van der Waals surface area contributed by atoms with Crippen molar-refractivity contribution < 1.29 is 9.59 Å². The number of thiazole rings is 1. The molecule has 2 amide bonds. The third-order valence-electron chi connectivity index (χ3n) is 5.16. The number of nitrogens with zero attached hydrogens (tertiary/aromatic N) is 1. The molecular weight excluding hydrogens is 494 g/mol. The number of anilines is 2. The lowest BCUT2D eigenvalue weighted by Crippen LogP contribution is -2.22.